The van der Waals surface area contributed by atoms with E-state index in [-0.39, 0.29) is 81.8 Å². The van der Waals surface area contributed by atoms with Gasteiger partial charge < -0.3 is 129 Å². The summed E-state index contributed by atoms with van der Waals surface area (Å²) in [5.41, 5.74) is 14.1. The van der Waals surface area contributed by atoms with Gasteiger partial charge in [0.25, 0.3) is 0 Å². The summed E-state index contributed by atoms with van der Waals surface area (Å²) >= 11 is 0.761. The molecule has 3 aromatic carbocycles. The molecule has 0 aliphatic carbocycles. The fourth-order valence-electron chi connectivity index (χ4n) is 17.2. The van der Waals surface area contributed by atoms with Crippen molar-refractivity contribution in [3.63, 3.8) is 0 Å². The molecule has 139 heavy (non-hydrogen) atoms. The Balaban J connectivity index is 1.12. The van der Waals surface area contributed by atoms with Crippen molar-refractivity contribution in [2.45, 2.75) is 247 Å². The van der Waals surface area contributed by atoms with E-state index >= 15 is 38.4 Å². The lowest BCUT2D eigenvalue weighted by Gasteiger charge is -2.36. The maximum Gasteiger partial charge on any atom is 0.323 e. The Morgan fingerprint density at radius 3 is 1.78 bits per heavy atom. The van der Waals surface area contributed by atoms with Crippen molar-refractivity contribution in [2.24, 2.45) is 17.4 Å². The Morgan fingerprint density at radius 1 is 0.561 bits per heavy atom. The van der Waals surface area contributed by atoms with Crippen LogP contribution >= 0.6 is 11.8 Å². The standard InChI is InChI=1S/C93H127N21O24S/c1-9-11-21-71-86(131)103-63(34-50(3)4)83(128)108-69(81(126)98-43-75(95)117)47-139-48-76(118)100-66(35-52-25-27-56(115)28-26-52)89(134)109(6)51(5)80(125)106-68(40-78(121)122)92(137)113-33-17-24-72(113)87(132)105-65(38-55-42-96-49-99-55)85(130)102-62(29-30-77(119)120)91(136)114-45-57(116)39-74(114)88(133)104-64(36-53-41-97-60-20-15-13-18-58(53)60)84(129)101-61(31-32-94)82(127)107-67(90(135)111(8)73(22-12-10-2)93(138)110(71)7)37-54-44-112(46-79(123)124)70-23-16-14-19-59(54)70/h13-16,18-20,23,25-28,41-42,44,49-51,57,61-69,71-74,97,115-116H,9-12,17,21-22,24,29-40,43,45-48,94H2,1-8H3,(H2,95,117)(H,96,99)(H,98,126)(H,100,118)(H,101,129)(H,102,130)(H,103,131)(H,104,133)(H,105,132)(H,106,125)(H,107,127)(H,108,128)(H,119,120)(H,121,122)(H,123,124)/t51-,57+,61-,62-,63-,64-,65-,66-,67-,68+,69-,71-,72-,73-,74-/m0/s1. The number of nitrogens with zero attached hydrogens (tertiary/aromatic N) is 7. The third-order valence-electron chi connectivity index (χ3n) is 24.7. The normalized spacial score (nSPS) is 24.4. The summed E-state index contributed by atoms with van der Waals surface area (Å²) in [4.78, 5) is 291. The zero-order valence-electron chi connectivity index (χ0n) is 78.8. The number of carbonyl (C=O) groups excluding carboxylic acids is 16. The van der Waals surface area contributed by atoms with E-state index in [4.69, 9.17) is 11.5 Å². The van der Waals surface area contributed by atoms with Crippen LogP contribution in [0.5, 0.6) is 5.75 Å². The summed E-state index contributed by atoms with van der Waals surface area (Å²) in [6, 6.07) is -3.84. The van der Waals surface area contributed by atoms with Gasteiger partial charge in [0.2, 0.25) is 94.5 Å². The minimum Gasteiger partial charge on any atom is -0.508 e. The van der Waals surface area contributed by atoms with E-state index in [0.29, 0.717) is 64.2 Å². The number of hydrogen-bond donors (Lipinski definition) is 19. The first-order valence-electron chi connectivity index (χ1n) is 46.3. The predicted octanol–water partition coefficient (Wildman–Crippen LogP) is -1.81. The quantitative estimate of drug-likeness (QED) is 0.0257. The molecule has 3 aliphatic rings. The zero-order chi connectivity index (χ0) is 102. The number of likely N-dealkylation sites (N-methyl/N-ethyl adjacent to an activating group) is 3. The number of benzene rings is 3. The zero-order valence-corrected chi connectivity index (χ0v) is 79.7. The summed E-state index contributed by atoms with van der Waals surface area (Å²) in [7, 11) is 3.83. The molecule has 0 unspecified atom stereocenters. The van der Waals surface area contributed by atoms with Crippen LogP contribution in [-0.4, -0.2) is 331 Å². The van der Waals surface area contributed by atoms with Crippen LogP contribution in [0.15, 0.2) is 97.7 Å². The van der Waals surface area contributed by atoms with Gasteiger partial charge in [-0.05, 0) is 105 Å². The van der Waals surface area contributed by atoms with Gasteiger partial charge >= 0.3 is 17.9 Å². The van der Waals surface area contributed by atoms with E-state index in [2.05, 4.69) is 68.1 Å². The number of carboxylic acids is 3. The molecule has 6 heterocycles. The number of nitrogens with one attached hydrogen (secondary N) is 12. The lowest BCUT2D eigenvalue weighted by atomic mass is 9.99. The van der Waals surface area contributed by atoms with Gasteiger partial charge in [0, 0.05) is 125 Å². The molecule has 15 atom stereocenters. The summed E-state index contributed by atoms with van der Waals surface area (Å²) in [5, 5.41) is 79.4. The van der Waals surface area contributed by atoms with Gasteiger partial charge in [-0.15, -0.1) is 11.8 Å². The van der Waals surface area contributed by atoms with Gasteiger partial charge in [-0.1, -0.05) is 102 Å². The number of phenols is 1. The molecule has 45 nitrogen and oxygen atoms in total. The van der Waals surface area contributed by atoms with E-state index in [1.54, 1.807) is 68.6 Å². The number of thioether (sulfide) groups is 1. The SMILES string of the molecule is CCCC[C@H]1C(=O)N(C)[C@@H](CCCC)C(=O)N[C@@H](CC(C)C)C(=O)N[C@H](C(=O)NCC(N)=O)CSCC(=O)N[C@@H](Cc2ccc(O)cc2)C(=O)N(C)[C@@H](C)C(=O)N[C@H](CC(=O)O)C(=O)N2CCC[C@H]2C(=O)N[C@@H](Cc2cnc[nH]2)C(=O)N[C@@H](CCC(=O)O)C(=O)N2C[C@H](O)C[C@H]2C(=O)N[C@@H](Cc2c[nH]c3ccccc23)C(=O)N[C@@H](CCN)C(=O)N[C@@H](Cc2cn(CC(=O)O)c3ccccc23)C(=O)N1C. The molecule has 16 amide bonds. The first-order chi connectivity index (χ1) is 66.1. The van der Waals surface area contributed by atoms with Crippen LogP contribution in [0.1, 0.15) is 147 Å². The van der Waals surface area contributed by atoms with Crippen molar-refractivity contribution in [1.29, 1.82) is 0 Å². The highest BCUT2D eigenvalue weighted by Gasteiger charge is 2.47. The van der Waals surface area contributed by atoms with Crippen LogP contribution in [0.3, 0.4) is 0 Å². The number of carboxylic acid groups (broad SMARTS) is 3. The number of aliphatic carboxylic acids is 3. The first-order valence-corrected chi connectivity index (χ1v) is 47.4. The second-order valence-corrected chi connectivity index (χ2v) is 36.6. The minimum absolute atomic E-state index is 0.0186. The highest BCUT2D eigenvalue weighted by Crippen LogP contribution is 2.29. The van der Waals surface area contributed by atoms with E-state index in [1.807, 2.05) is 13.8 Å². The van der Waals surface area contributed by atoms with Crippen LogP contribution < -0.4 is 64.6 Å². The molecule has 46 heteroatoms. The number of imidazole rings is 1. The van der Waals surface area contributed by atoms with Gasteiger partial charge in [-0.25, -0.2) is 4.98 Å². The van der Waals surface area contributed by atoms with Crippen molar-refractivity contribution >= 4 is 146 Å². The molecule has 21 N–H and O–H groups in total. The largest absolute Gasteiger partial charge is 0.508 e. The summed E-state index contributed by atoms with van der Waals surface area (Å²) in [6.45, 7) is 5.94. The van der Waals surface area contributed by atoms with Crippen LogP contribution in [0.25, 0.3) is 21.8 Å². The van der Waals surface area contributed by atoms with E-state index < -0.39 is 273 Å². The van der Waals surface area contributed by atoms with E-state index in [9.17, 15) is 78.3 Å². The molecular formula is C93H127N21O24S. The number of fused-ring (bicyclic) bond motifs is 4. The van der Waals surface area contributed by atoms with E-state index in [0.717, 1.165) is 36.3 Å². The molecule has 9 rings (SSSR count). The number of unbranched alkanes of at least 4 members (excludes halogenated alkanes) is 2. The van der Waals surface area contributed by atoms with E-state index in [1.165, 1.54) is 75.6 Å². The molecule has 3 fully saturated rings. The maximum absolute atomic E-state index is 16.0. The number of aliphatic hydroxyl groups excluding tert-OH is 1. The number of nitrogens with two attached hydrogens (primary N) is 2. The number of hydrogen-bond acceptors (Lipinski definition) is 24. The molecule has 3 saturated heterocycles. The lowest BCUT2D eigenvalue weighted by molar-refractivity contribution is -0.149. The fraction of sp³-hybridized carbons (Fsp3) is 0.527. The Bertz CT molecular complexity index is 5420. The van der Waals surface area contributed by atoms with Gasteiger partial charge in [-0.3, -0.25) is 91.1 Å². The average molecular weight is 1960 g/mol. The number of aromatic hydroxyl groups is 1. The van der Waals surface area contributed by atoms with Gasteiger partial charge in [0.15, 0.2) is 0 Å². The molecule has 3 aliphatic heterocycles. The number of primary amides is 1. The van der Waals surface area contributed by atoms with Gasteiger partial charge in [0.05, 0.1) is 31.1 Å². The number of carbonyl (C=O) groups is 19. The highest BCUT2D eigenvalue weighted by molar-refractivity contribution is 8.00. The number of phenolic OH excluding ortho intramolecular Hbond substituents is 1. The summed E-state index contributed by atoms with van der Waals surface area (Å²) in [6.07, 6.45) is 0.568. The molecule has 6 aromatic rings. The molecule has 0 radical (unpaired) electrons. The van der Waals surface area contributed by atoms with Crippen molar-refractivity contribution in [1.82, 2.24) is 97.2 Å². The van der Waals surface area contributed by atoms with Crippen LogP contribution in [0.4, 0.5) is 0 Å². The van der Waals surface area contributed by atoms with Crippen molar-refractivity contribution in [2.75, 3.05) is 58.8 Å². The highest BCUT2D eigenvalue weighted by atomic mass is 32.2. The third kappa shape index (κ3) is 30.2. The van der Waals surface area contributed by atoms with Crippen molar-refractivity contribution < 1.29 is 117 Å². The number of H-pyrrole nitrogens is 2. The Labute approximate surface area is 805 Å². The van der Waals surface area contributed by atoms with Crippen molar-refractivity contribution in [3.05, 3.63) is 120 Å². The number of rotatable bonds is 28. The summed E-state index contributed by atoms with van der Waals surface area (Å²) in [5.74, 6) is -21.7. The monoisotopic (exact) mass is 1950 g/mol. The number of aliphatic hydroxyl groups is 1. The Morgan fingerprint density at radius 2 is 1.14 bits per heavy atom. The molecule has 0 spiro atoms. The topological polar surface area (TPSA) is 663 Å². The number of para-hydroxylation sites is 2. The molecular weight excluding hydrogens is 1830 g/mol. The van der Waals surface area contributed by atoms with Crippen molar-refractivity contribution in [3.8, 4) is 5.75 Å². The molecule has 0 saturated carbocycles. The van der Waals surface area contributed by atoms with Crippen LogP contribution in [0.2, 0.25) is 0 Å². The molecule has 0 bridgehead atoms. The summed E-state index contributed by atoms with van der Waals surface area (Å²) < 4.78 is 1.42. The Kier molecular flexibility index (Phi) is 40.2. The average Bonchev–Trinajstić information content (AvgIpc) is 1.66. The number of aromatic nitrogens is 4. The lowest BCUT2D eigenvalue weighted by Crippen LogP contribution is -2.61. The number of amides is 16. The first kappa shape index (κ1) is 109. The maximum atomic E-state index is 16.0. The smallest absolute Gasteiger partial charge is 0.323 e. The molecule has 754 valence electrons. The molecule has 3 aromatic heterocycles. The van der Waals surface area contributed by atoms with Crippen LogP contribution in [-0.2, 0) is 123 Å². The second kappa shape index (κ2) is 51.4. The van der Waals surface area contributed by atoms with Crippen LogP contribution in [0, 0.1) is 5.92 Å². The minimum atomic E-state index is -1.95. The predicted molar refractivity (Wildman–Crippen MR) is 504 cm³/mol. The van der Waals surface area contributed by atoms with Gasteiger partial charge in [0.1, 0.15) is 96.9 Å². The van der Waals surface area contributed by atoms with Gasteiger partial charge in [-0.2, -0.15) is 0 Å². The number of aromatic amines is 2. The third-order valence-corrected chi connectivity index (χ3v) is 25.8. The fourth-order valence-corrected chi connectivity index (χ4v) is 18.1. The Hall–Kier alpha value is -14.1. The second-order valence-electron chi connectivity index (χ2n) is 35.6.